The van der Waals surface area contributed by atoms with E-state index in [0.717, 1.165) is 19.4 Å². The van der Waals surface area contributed by atoms with E-state index < -0.39 is 5.41 Å². The molecule has 0 aliphatic heterocycles. The second-order valence-corrected chi connectivity index (χ2v) is 5.17. The van der Waals surface area contributed by atoms with Crippen molar-refractivity contribution in [3.8, 4) is 0 Å². The fourth-order valence-corrected chi connectivity index (χ4v) is 1.17. The smallest absolute Gasteiger partial charge is 0.226 e. The van der Waals surface area contributed by atoms with Crippen LogP contribution in [0.25, 0.3) is 0 Å². The van der Waals surface area contributed by atoms with Gasteiger partial charge in [0.2, 0.25) is 5.91 Å². The van der Waals surface area contributed by atoms with Crippen LogP contribution in [-0.4, -0.2) is 31.0 Å². The Labute approximate surface area is 104 Å². The summed E-state index contributed by atoms with van der Waals surface area (Å²) in [6.07, 6.45) is 2.20. The minimum absolute atomic E-state index is 0.0206. The number of halogens is 1. The molecule has 0 fully saturated rings. The van der Waals surface area contributed by atoms with Crippen LogP contribution in [0, 0.1) is 5.41 Å². The third kappa shape index (κ3) is 7.07. The van der Waals surface area contributed by atoms with Crippen LogP contribution >= 0.6 is 11.6 Å². The third-order valence-corrected chi connectivity index (χ3v) is 2.92. The van der Waals surface area contributed by atoms with Crippen molar-refractivity contribution in [1.82, 2.24) is 5.32 Å². The Morgan fingerprint density at radius 1 is 1.38 bits per heavy atom. The maximum Gasteiger partial charge on any atom is 0.226 e. The van der Waals surface area contributed by atoms with Crippen LogP contribution in [-0.2, 0) is 9.53 Å². The molecule has 3 nitrogen and oxygen atoms in total. The molecule has 96 valence electrons. The summed E-state index contributed by atoms with van der Waals surface area (Å²) in [6.45, 7) is 9.18. The number of unbranched alkanes of at least 4 members (excludes halogenated alkanes) is 1. The van der Waals surface area contributed by atoms with Gasteiger partial charge in [0, 0.05) is 19.0 Å². The summed E-state index contributed by atoms with van der Waals surface area (Å²) in [7, 11) is 0. The van der Waals surface area contributed by atoms with E-state index in [9.17, 15) is 4.79 Å². The van der Waals surface area contributed by atoms with Gasteiger partial charge in [0.15, 0.2) is 0 Å². The number of hydrogen-bond donors (Lipinski definition) is 1. The molecule has 0 aromatic carbocycles. The molecule has 0 atom stereocenters. The second kappa shape index (κ2) is 7.91. The summed E-state index contributed by atoms with van der Waals surface area (Å²) >= 11 is 5.70. The van der Waals surface area contributed by atoms with Gasteiger partial charge in [-0.1, -0.05) is 0 Å². The Balaban J connectivity index is 3.49. The van der Waals surface area contributed by atoms with Crippen molar-refractivity contribution >= 4 is 17.5 Å². The summed E-state index contributed by atoms with van der Waals surface area (Å²) in [6, 6.07) is 0. The largest absolute Gasteiger partial charge is 0.379 e. The Hall–Kier alpha value is -0.280. The van der Waals surface area contributed by atoms with E-state index in [-0.39, 0.29) is 12.0 Å². The van der Waals surface area contributed by atoms with Gasteiger partial charge in [0.25, 0.3) is 0 Å². The minimum atomic E-state index is -0.476. The molecular weight excluding hydrogens is 226 g/mol. The molecule has 0 aliphatic rings. The normalized spacial score (nSPS) is 11.9. The van der Waals surface area contributed by atoms with Crippen molar-refractivity contribution in [3.05, 3.63) is 0 Å². The molecular formula is C12H24ClNO2. The molecule has 0 aliphatic carbocycles. The number of rotatable bonds is 8. The molecule has 1 N–H and O–H groups in total. The van der Waals surface area contributed by atoms with E-state index in [1.807, 2.05) is 27.7 Å². The van der Waals surface area contributed by atoms with Gasteiger partial charge in [-0.25, -0.2) is 0 Å². The van der Waals surface area contributed by atoms with Crippen molar-refractivity contribution in [2.24, 2.45) is 5.41 Å². The number of carbonyl (C=O) groups is 1. The number of amides is 1. The maximum absolute atomic E-state index is 11.6. The predicted octanol–water partition coefficient (Wildman–Crippen LogP) is 2.57. The highest BCUT2D eigenvalue weighted by Crippen LogP contribution is 2.16. The Morgan fingerprint density at radius 3 is 2.50 bits per heavy atom. The zero-order chi connectivity index (χ0) is 12.6. The Morgan fingerprint density at radius 2 is 2.00 bits per heavy atom. The number of hydrogen-bond acceptors (Lipinski definition) is 2. The van der Waals surface area contributed by atoms with Gasteiger partial charge in [0.1, 0.15) is 0 Å². The fourth-order valence-electron chi connectivity index (χ4n) is 1.05. The zero-order valence-corrected chi connectivity index (χ0v) is 11.6. The first-order chi connectivity index (χ1) is 7.40. The lowest BCUT2D eigenvalue weighted by atomic mass is 9.95. The SMILES string of the molecule is CC(C)OCCCCNC(=O)C(C)(C)CCl. The van der Waals surface area contributed by atoms with E-state index in [1.165, 1.54) is 0 Å². The Bertz CT molecular complexity index is 205. The highest BCUT2D eigenvalue weighted by Gasteiger charge is 2.25. The molecule has 0 radical (unpaired) electrons. The summed E-state index contributed by atoms with van der Waals surface area (Å²) in [5, 5.41) is 2.88. The quantitative estimate of drug-likeness (QED) is 0.530. The topological polar surface area (TPSA) is 38.3 Å². The number of carbonyl (C=O) groups excluding carboxylic acids is 1. The summed E-state index contributed by atoms with van der Waals surface area (Å²) in [4.78, 5) is 11.6. The number of alkyl halides is 1. The molecule has 4 heteroatoms. The minimum Gasteiger partial charge on any atom is -0.379 e. The van der Waals surface area contributed by atoms with Crippen LogP contribution in [0.2, 0.25) is 0 Å². The average molecular weight is 250 g/mol. The monoisotopic (exact) mass is 249 g/mol. The summed E-state index contributed by atoms with van der Waals surface area (Å²) in [5.41, 5.74) is -0.476. The predicted molar refractivity (Wildman–Crippen MR) is 67.8 cm³/mol. The molecule has 0 heterocycles. The van der Waals surface area contributed by atoms with Gasteiger partial charge >= 0.3 is 0 Å². The molecule has 0 saturated carbocycles. The first-order valence-electron chi connectivity index (χ1n) is 5.86. The van der Waals surface area contributed by atoms with Crippen LogP contribution < -0.4 is 5.32 Å². The van der Waals surface area contributed by atoms with Crippen molar-refractivity contribution in [3.63, 3.8) is 0 Å². The summed E-state index contributed by atoms with van der Waals surface area (Å²) < 4.78 is 5.40. The molecule has 0 aromatic heterocycles. The van der Waals surface area contributed by atoms with E-state index in [2.05, 4.69) is 5.32 Å². The van der Waals surface area contributed by atoms with E-state index >= 15 is 0 Å². The molecule has 0 bridgehead atoms. The van der Waals surface area contributed by atoms with Gasteiger partial charge in [-0.2, -0.15) is 0 Å². The van der Waals surface area contributed by atoms with Crippen molar-refractivity contribution in [2.75, 3.05) is 19.0 Å². The lowest BCUT2D eigenvalue weighted by Crippen LogP contribution is -2.38. The van der Waals surface area contributed by atoms with E-state index in [4.69, 9.17) is 16.3 Å². The highest BCUT2D eigenvalue weighted by atomic mass is 35.5. The molecule has 0 aromatic rings. The standard InChI is InChI=1S/C12H24ClNO2/c1-10(2)16-8-6-5-7-14-11(15)12(3,4)9-13/h10H,5-9H2,1-4H3,(H,14,15). The fraction of sp³-hybridized carbons (Fsp3) is 0.917. The zero-order valence-electron chi connectivity index (χ0n) is 10.8. The second-order valence-electron chi connectivity index (χ2n) is 4.90. The number of ether oxygens (including phenoxy) is 1. The van der Waals surface area contributed by atoms with Crippen LogP contribution in [0.15, 0.2) is 0 Å². The van der Waals surface area contributed by atoms with Crippen LogP contribution in [0.1, 0.15) is 40.5 Å². The lowest BCUT2D eigenvalue weighted by Gasteiger charge is -2.20. The van der Waals surface area contributed by atoms with Crippen molar-refractivity contribution in [2.45, 2.75) is 46.6 Å². The average Bonchev–Trinajstić information content (AvgIpc) is 2.22. The van der Waals surface area contributed by atoms with E-state index in [0.29, 0.717) is 12.4 Å². The maximum atomic E-state index is 11.6. The first kappa shape index (κ1) is 15.7. The molecule has 0 rings (SSSR count). The summed E-state index contributed by atoms with van der Waals surface area (Å²) in [5.74, 6) is 0.363. The lowest BCUT2D eigenvalue weighted by molar-refractivity contribution is -0.128. The van der Waals surface area contributed by atoms with Crippen LogP contribution in [0.4, 0.5) is 0 Å². The van der Waals surface area contributed by atoms with Crippen LogP contribution in [0.5, 0.6) is 0 Å². The van der Waals surface area contributed by atoms with E-state index in [1.54, 1.807) is 0 Å². The van der Waals surface area contributed by atoms with Gasteiger partial charge in [-0.15, -0.1) is 11.6 Å². The van der Waals surface area contributed by atoms with Crippen molar-refractivity contribution in [1.29, 1.82) is 0 Å². The van der Waals surface area contributed by atoms with Gasteiger partial charge in [-0.05, 0) is 40.5 Å². The Kier molecular flexibility index (Phi) is 7.77. The molecule has 0 spiro atoms. The number of nitrogens with one attached hydrogen (secondary N) is 1. The highest BCUT2D eigenvalue weighted by molar-refractivity contribution is 6.19. The molecule has 0 unspecified atom stereocenters. The molecule has 1 amide bonds. The van der Waals surface area contributed by atoms with Gasteiger partial charge in [0.05, 0.1) is 11.5 Å². The van der Waals surface area contributed by atoms with Gasteiger partial charge < -0.3 is 10.1 Å². The third-order valence-electron chi connectivity index (χ3n) is 2.26. The van der Waals surface area contributed by atoms with Crippen LogP contribution in [0.3, 0.4) is 0 Å². The molecule has 16 heavy (non-hydrogen) atoms. The van der Waals surface area contributed by atoms with Crippen molar-refractivity contribution < 1.29 is 9.53 Å². The molecule has 0 saturated heterocycles. The first-order valence-corrected chi connectivity index (χ1v) is 6.39. The van der Waals surface area contributed by atoms with Gasteiger partial charge in [-0.3, -0.25) is 4.79 Å².